The number of aromatic nitrogens is 4. The van der Waals surface area contributed by atoms with Gasteiger partial charge in [-0.05, 0) is 36.8 Å². The van der Waals surface area contributed by atoms with Crippen molar-refractivity contribution in [3.8, 4) is 5.75 Å². The number of aryl methyl sites for hydroxylation is 1. The SMILES string of the molecule is CCn1ccc(C(=O)N(Cc2cccnc2)c2nc3c(OC)ccc(Cl)c3s2)n1. The van der Waals surface area contributed by atoms with Crippen LogP contribution in [0, 0.1) is 0 Å². The predicted molar refractivity (Wildman–Crippen MR) is 114 cm³/mol. The van der Waals surface area contributed by atoms with Gasteiger partial charge in [-0.3, -0.25) is 19.4 Å². The highest BCUT2D eigenvalue weighted by atomic mass is 35.5. The Kier molecular flexibility index (Phi) is 5.46. The fourth-order valence-corrected chi connectivity index (χ4v) is 4.17. The molecule has 0 aliphatic carbocycles. The van der Waals surface area contributed by atoms with Crippen LogP contribution >= 0.6 is 22.9 Å². The van der Waals surface area contributed by atoms with Crippen LogP contribution in [-0.2, 0) is 13.1 Å². The lowest BCUT2D eigenvalue weighted by Crippen LogP contribution is -2.30. The summed E-state index contributed by atoms with van der Waals surface area (Å²) in [6.07, 6.45) is 5.21. The summed E-state index contributed by atoms with van der Waals surface area (Å²) < 4.78 is 7.90. The molecule has 7 nitrogen and oxygen atoms in total. The maximum Gasteiger partial charge on any atom is 0.280 e. The van der Waals surface area contributed by atoms with Crippen molar-refractivity contribution in [1.82, 2.24) is 19.7 Å². The molecule has 0 aliphatic heterocycles. The van der Waals surface area contributed by atoms with E-state index in [0.29, 0.717) is 40.2 Å². The van der Waals surface area contributed by atoms with E-state index in [1.54, 1.807) is 53.5 Å². The number of ether oxygens (including phenoxy) is 1. The van der Waals surface area contributed by atoms with Gasteiger partial charge in [-0.1, -0.05) is 29.0 Å². The molecule has 0 spiro atoms. The number of carbonyl (C=O) groups excluding carboxylic acids is 1. The van der Waals surface area contributed by atoms with Crippen LogP contribution in [-0.4, -0.2) is 32.8 Å². The summed E-state index contributed by atoms with van der Waals surface area (Å²) in [5.74, 6) is 0.367. The van der Waals surface area contributed by atoms with Crippen LogP contribution in [0.3, 0.4) is 0 Å². The average molecular weight is 428 g/mol. The molecule has 0 aliphatic rings. The summed E-state index contributed by atoms with van der Waals surface area (Å²) in [5, 5.41) is 5.44. The zero-order valence-electron chi connectivity index (χ0n) is 15.9. The van der Waals surface area contributed by atoms with Gasteiger partial charge in [0.1, 0.15) is 11.3 Å². The topological polar surface area (TPSA) is 73.1 Å². The van der Waals surface area contributed by atoms with E-state index in [9.17, 15) is 4.79 Å². The predicted octanol–water partition coefficient (Wildman–Crippen LogP) is 4.42. The van der Waals surface area contributed by atoms with E-state index in [-0.39, 0.29) is 5.91 Å². The zero-order chi connectivity index (χ0) is 20.4. The largest absolute Gasteiger partial charge is 0.494 e. The molecule has 0 unspecified atom stereocenters. The summed E-state index contributed by atoms with van der Waals surface area (Å²) in [7, 11) is 1.58. The Bertz CT molecular complexity index is 1160. The Labute approximate surface area is 176 Å². The second-order valence-electron chi connectivity index (χ2n) is 6.23. The van der Waals surface area contributed by atoms with Crippen molar-refractivity contribution in [3.05, 3.63) is 65.2 Å². The summed E-state index contributed by atoms with van der Waals surface area (Å²) in [6.45, 7) is 2.96. The first-order valence-electron chi connectivity index (χ1n) is 8.98. The highest BCUT2D eigenvalue weighted by Crippen LogP contribution is 2.39. The molecule has 0 N–H and O–H groups in total. The van der Waals surface area contributed by atoms with E-state index in [0.717, 1.165) is 10.3 Å². The summed E-state index contributed by atoms with van der Waals surface area (Å²) in [6, 6.07) is 9.00. The van der Waals surface area contributed by atoms with Gasteiger partial charge in [0, 0.05) is 25.1 Å². The van der Waals surface area contributed by atoms with Gasteiger partial charge in [-0.15, -0.1) is 0 Å². The molecular weight excluding hydrogens is 410 g/mol. The second-order valence-corrected chi connectivity index (χ2v) is 7.62. The van der Waals surface area contributed by atoms with Crippen LogP contribution < -0.4 is 9.64 Å². The molecule has 1 amide bonds. The number of hydrogen-bond donors (Lipinski definition) is 0. The van der Waals surface area contributed by atoms with Crippen LogP contribution in [0.2, 0.25) is 5.02 Å². The summed E-state index contributed by atoms with van der Waals surface area (Å²) in [5.41, 5.74) is 1.87. The van der Waals surface area contributed by atoms with Crippen molar-refractivity contribution in [3.63, 3.8) is 0 Å². The van der Waals surface area contributed by atoms with E-state index in [1.807, 2.05) is 19.1 Å². The first-order chi connectivity index (χ1) is 14.1. The van der Waals surface area contributed by atoms with Crippen molar-refractivity contribution in [2.45, 2.75) is 20.0 Å². The number of benzene rings is 1. The van der Waals surface area contributed by atoms with Crippen LogP contribution in [0.1, 0.15) is 23.0 Å². The quantitative estimate of drug-likeness (QED) is 0.455. The molecule has 3 aromatic heterocycles. The number of amides is 1. The van der Waals surface area contributed by atoms with E-state index in [4.69, 9.17) is 16.3 Å². The number of hydrogen-bond acceptors (Lipinski definition) is 6. The van der Waals surface area contributed by atoms with Gasteiger partial charge < -0.3 is 4.74 Å². The van der Waals surface area contributed by atoms with Crippen LogP contribution in [0.25, 0.3) is 10.2 Å². The molecule has 0 atom stereocenters. The van der Waals surface area contributed by atoms with Gasteiger partial charge >= 0.3 is 0 Å². The summed E-state index contributed by atoms with van der Waals surface area (Å²) in [4.78, 5) is 23.7. The van der Waals surface area contributed by atoms with Gasteiger partial charge in [0.25, 0.3) is 5.91 Å². The van der Waals surface area contributed by atoms with Gasteiger partial charge in [0.2, 0.25) is 0 Å². The minimum atomic E-state index is -0.241. The molecule has 0 saturated carbocycles. The van der Waals surface area contributed by atoms with E-state index < -0.39 is 0 Å². The average Bonchev–Trinajstić information content (AvgIpc) is 3.40. The molecule has 0 saturated heterocycles. The van der Waals surface area contributed by atoms with Gasteiger partial charge in [0.15, 0.2) is 10.8 Å². The smallest absolute Gasteiger partial charge is 0.280 e. The number of halogens is 1. The van der Waals surface area contributed by atoms with Crippen molar-refractivity contribution < 1.29 is 9.53 Å². The molecule has 3 heterocycles. The molecule has 1 aromatic carbocycles. The molecule has 0 bridgehead atoms. The lowest BCUT2D eigenvalue weighted by molar-refractivity contribution is 0.0979. The Morgan fingerprint density at radius 2 is 2.17 bits per heavy atom. The highest BCUT2D eigenvalue weighted by molar-refractivity contribution is 7.23. The molecule has 0 fully saturated rings. The van der Waals surface area contributed by atoms with Crippen molar-refractivity contribution in [1.29, 1.82) is 0 Å². The number of methoxy groups -OCH3 is 1. The fourth-order valence-electron chi connectivity index (χ4n) is 2.91. The maximum atomic E-state index is 13.3. The second kappa shape index (κ2) is 8.18. The number of rotatable bonds is 6. The third kappa shape index (κ3) is 3.81. The Morgan fingerprint density at radius 1 is 1.31 bits per heavy atom. The van der Waals surface area contributed by atoms with E-state index >= 15 is 0 Å². The normalized spacial score (nSPS) is 11.0. The Hall–Kier alpha value is -2.97. The minimum Gasteiger partial charge on any atom is -0.494 e. The van der Waals surface area contributed by atoms with Crippen molar-refractivity contribution >= 4 is 44.2 Å². The number of nitrogens with zero attached hydrogens (tertiary/aromatic N) is 5. The number of carbonyl (C=O) groups is 1. The molecule has 0 radical (unpaired) electrons. The first kappa shape index (κ1) is 19.4. The molecule has 148 valence electrons. The third-order valence-corrected chi connectivity index (χ3v) is 5.93. The molecular formula is C20H18ClN5O2S. The monoisotopic (exact) mass is 427 g/mol. The van der Waals surface area contributed by atoms with Gasteiger partial charge in [-0.2, -0.15) is 5.10 Å². The Balaban J connectivity index is 1.80. The van der Waals surface area contributed by atoms with Crippen molar-refractivity contribution in [2.24, 2.45) is 0 Å². The fraction of sp³-hybridized carbons (Fsp3) is 0.200. The Morgan fingerprint density at radius 3 is 2.86 bits per heavy atom. The zero-order valence-corrected chi connectivity index (χ0v) is 17.4. The molecule has 29 heavy (non-hydrogen) atoms. The van der Waals surface area contributed by atoms with Crippen LogP contribution in [0.5, 0.6) is 5.75 Å². The minimum absolute atomic E-state index is 0.241. The van der Waals surface area contributed by atoms with E-state index in [2.05, 4.69) is 15.1 Å². The lowest BCUT2D eigenvalue weighted by Gasteiger charge is -2.18. The van der Waals surface area contributed by atoms with Gasteiger partial charge in [0.05, 0.1) is 23.4 Å². The number of anilines is 1. The third-order valence-electron chi connectivity index (χ3n) is 4.39. The van der Waals surface area contributed by atoms with E-state index in [1.165, 1.54) is 11.3 Å². The lowest BCUT2D eigenvalue weighted by atomic mass is 10.2. The molecule has 9 heteroatoms. The summed E-state index contributed by atoms with van der Waals surface area (Å²) >= 11 is 7.71. The van der Waals surface area contributed by atoms with Gasteiger partial charge in [-0.25, -0.2) is 4.98 Å². The number of thiazole rings is 1. The standard InChI is InChI=1S/C20H18ClN5O2S/c1-3-25-10-8-15(24-25)19(27)26(12-13-5-4-9-22-11-13)20-23-17-16(28-2)7-6-14(21)18(17)29-20/h4-11H,3,12H2,1-2H3. The number of pyridine rings is 1. The maximum absolute atomic E-state index is 13.3. The molecule has 4 rings (SSSR count). The van der Waals surface area contributed by atoms with Crippen LogP contribution in [0.15, 0.2) is 48.9 Å². The first-order valence-corrected chi connectivity index (χ1v) is 10.2. The van der Waals surface area contributed by atoms with Crippen molar-refractivity contribution in [2.75, 3.05) is 12.0 Å². The number of fused-ring (bicyclic) bond motifs is 1. The highest BCUT2D eigenvalue weighted by Gasteiger charge is 2.25. The van der Waals surface area contributed by atoms with Crippen LogP contribution in [0.4, 0.5) is 5.13 Å². The molecule has 4 aromatic rings.